The van der Waals surface area contributed by atoms with E-state index in [0.29, 0.717) is 6.61 Å². The van der Waals surface area contributed by atoms with Gasteiger partial charge in [0.15, 0.2) is 6.29 Å². The summed E-state index contributed by atoms with van der Waals surface area (Å²) in [6, 6.07) is 10.0. The highest BCUT2D eigenvalue weighted by Gasteiger charge is 2.00. The van der Waals surface area contributed by atoms with Gasteiger partial charge in [-0.25, -0.2) is 0 Å². The number of benzene rings is 1. The Morgan fingerprint density at radius 3 is 2.62 bits per heavy atom. The number of hydrogen-bond acceptors (Lipinski definition) is 2. The summed E-state index contributed by atoms with van der Waals surface area (Å²) in [5, 5.41) is 0. The molecule has 0 saturated carbocycles. The van der Waals surface area contributed by atoms with Crippen LogP contribution in [-0.4, -0.2) is 6.29 Å². The van der Waals surface area contributed by atoms with Crippen molar-refractivity contribution >= 4 is 0 Å². The summed E-state index contributed by atoms with van der Waals surface area (Å²) in [5.41, 5.74) is 1.16. The SMILES string of the molecule is C[CH]OC(C)OCc1ccccc1. The highest BCUT2D eigenvalue weighted by molar-refractivity contribution is 5.13. The van der Waals surface area contributed by atoms with E-state index in [2.05, 4.69) is 0 Å². The maximum atomic E-state index is 5.41. The molecular formula is C11H15O2. The zero-order chi connectivity index (χ0) is 9.52. The summed E-state index contributed by atoms with van der Waals surface area (Å²) >= 11 is 0. The van der Waals surface area contributed by atoms with E-state index in [0.717, 1.165) is 5.56 Å². The van der Waals surface area contributed by atoms with Crippen LogP contribution in [0.15, 0.2) is 30.3 Å². The lowest BCUT2D eigenvalue weighted by Gasteiger charge is -2.11. The molecule has 1 radical (unpaired) electrons. The van der Waals surface area contributed by atoms with Crippen molar-refractivity contribution in [2.75, 3.05) is 0 Å². The van der Waals surface area contributed by atoms with Gasteiger partial charge < -0.3 is 9.47 Å². The van der Waals surface area contributed by atoms with E-state index in [9.17, 15) is 0 Å². The Kier molecular flexibility index (Phi) is 4.50. The zero-order valence-electron chi connectivity index (χ0n) is 8.07. The van der Waals surface area contributed by atoms with Crippen LogP contribution in [-0.2, 0) is 16.1 Å². The summed E-state index contributed by atoms with van der Waals surface area (Å²) in [6.07, 6.45) is -0.176. The molecule has 0 saturated heterocycles. The van der Waals surface area contributed by atoms with E-state index in [4.69, 9.17) is 9.47 Å². The molecule has 1 unspecified atom stereocenters. The molecule has 0 aromatic heterocycles. The molecule has 0 N–H and O–H groups in total. The first-order valence-electron chi connectivity index (χ1n) is 4.41. The molecule has 0 aliphatic rings. The number of rotatable bonds is 5. The molecule has 2 nitrogen and oxygen atoms in total. The Morgan fingerprint density at radius 1 is 1.31 bits per heavy atom. The molecular weight excluding hydrogens is 164 g/mol. The van der Waals surface area contributed by atoms with Crippen LogP contribution >= 0.6 is 0 Å². The molecule has 71 valence electrons. The van der Waals surface area contributed by atoms with Crippen LogP contribution in [0.1, 0.15) is 19.4 Å². The molecule has 1 atom stereocenters. The van der Waals surface area contributed by atoms with E-state index in [1.807, 2.05) is 44.2 Å². The fourth-order valence-electron chi connectivity index (χ4n) is 1.02. The summed E-state index contributed by atoms with van der Waals surface area (Å²) < 4.78 is 10.5. The van der Waals surface area contributed by atoms with Gasteiger partial charge in [-0.3, -0.25) is 0 Å². The van der Waals surface area contributed by atoms with Crippen molar-refractivity contribution < 1.29 is 9.47 Å². The second-order valence-electron chi connectivity index (χ2n) is 2.74. The molecule has 0 aliphatic heterocycles. The predicted molar refractivity (Wildman–Crippen MR) is 51.8 cm³/mol. The molecule has 1 aromatic rings. The first-order chi connectivity index (χ1) is 6.33. The standard InChI is InChI=1S/C11H15O2/c1-3-12-10(2)13-9-11-7-5-4-6-8-11/h3-8,10H,9H2,1-2H3. The van der Waals surface area contributed by atoms with Crippen LogP contribution in [0.25, 0.3) is 0 Å². The lowest BCUT2D eigenvalue weighted by Crippen LogP contribution is -2.10. The van der Waals surface area contributed by atoms with Gasteiger partial charge in [-0.15, -0.1) is 0 Å². The third-order valence-electron chi connectivity index (χ3n) is 1.66. The van der Waals surface area contributed by atoms with Crippen molar-refractivity contribution in [2.24, 2.45) is 0 Å². The van der Waals surface area contributed by atoms with Crippen LogP contribution in [0.2, 0.25) is 0 Å². The molecule has 1 rings (SSSR count). The second kappa shape index (κ2) is 5.73. The third-order valence-corrected chi connectivity index (χ3v) is 1.66. The fourth-order valence-corrected chi connectivity index (χ4v) is 1.02. The van der Waals surface area contributed by atoms with Crippen molar-refractivity contribution in [1.29, 1.82) is 0 Å². The van der Waals surface area contributed by atoms with Gasteiger partial charge >= 0.3 is 0 Å². The summed E-state index contributed by atoms with van der Waals surface area (Å²) in [4.78, 5) is 0. The van der Waals surface area contributed by atoms with E-state index in [1.54, 1.807) is 6.61 Å². The van der Waals surface area contributed by atoms with Crippen LogP contribution < -0.4 is 0 Å². The van der Waals surface area contributed by atoms with Gasteiger partial charge in [-0.1, -0.05) is 30.3 Å². The van der Waals surface area contributed by atoms with Crippen molar-refractivity contribution in [3.63, 3.8) is 0 Å². The van der Waals surface area contributed by atoms with Gasteiger partial charge in [0.25, 0.3) is 0 Å². The first-order valence-corrected chi connectivity index (χ1v) is 4.41. The summed E-state index contributed by atoms with van der Waals surface area (Å²) in [6.45, 7) is 5.94. The molecule has 0 bridgehead atoms. The minimum atomic E-state index is -0.176. The lowest BCUT2D eigenvalue weighted by atomic mass is 10.2. The predicted octanol–water partition coefficient (Wildman–Crippen LogP) is 2.75. The van der Waals surface area contributed by atoms with Crippen LogP contribution in [0, 0.1) is 6.61 Å². The topological polar surface area (TPSA) is 18.5 Å². The van der Waals surface area contributed by atoms with E-state index >= 15 is 0 Å². The minimum Gasteiger partial charge on any atom is -0.348 e. The maximum Gasteiger partial charge on any atom is 0.155 e. The molecule has 13 heavy (non-hydrogen) atoms. The maximum absolute atomic E-state index is 5.41. The number of ether oxygens (including phenoxy) is 2. The Bertz CT molecular complexity index is 221. The average molecular weight is 179 g/mol. The highest BCUT2D eigenvalue weighted by atomic mass is 16.7. The van der Waals surface area contributed by atoms with Gasteiger partial charge in [0.05, 0.1) is 13.2 Å². The second-order valence-corrected chi connectivity index (χ2v) is 2.74. The molecule has 0 spiro atoms. The Balaban J connectivity index is 2.27. The van der Waals surface area contributed by atoms with Gasteiger partial charge in [0.1, 0.15) is 0 Å². The summed E-state index contributed by atoms with van der Waals surface area (Å²) in [5.74, 6) is 0. The molecule has 0 amide bonds. The summed E-state index contributed by atoms with van der Waals surface area (Å²) in [7, 11) is 0. The third kappa shape index (κ3) is 4.06. The van der Waals surface area contributed by atoms with Crippen molar-refractivity contribution in [2.45, 2.75) is 26.7 Å². The Hall–Kier alpha value is -0.860. The molecule has 0 aliphatic carbocycles. The Labute approximate surface area is 79.5 Å². The van der Waals surface area contributed by atoms with Crippen molar-refractivity contribution in [3.8, 4) is 0 Å². The van der Waals surface area contributed by atoms with Crippen molar-refractivity contribution in [3.05, 3.63) is 42.5 Å². The van der Waals surface area contributed by atoms with Gasteiger partial charge in [-0.2, -0.15) is 0 Å². The van der Waals surface area contributed by atoms with E-state index in [1.165, 1.54) is 0 Å². The van der Waals surface area contributed by atoms with Crippen LogP contribution in [0.3, 0.4) is 0 Å². The first kappa shape index (κ1) is 10.2. The van der Waals surface area contributed by atoms with Crippen LogP contribution in [0.4, 0.5) is 0 Å². The molecule has 0 fully saturated rings. The van der Waals surface area contributed by atoms with E-state index in [-0.39, 0.29) is 6.29 Å². The van der Waals surface area contributed by atoms with Gasteiger partial charge in [0.2, 0.25) is 0 Å². The molecule has 1 aromatic carbocycles. The molecule has 2 heteroatoms. The quantitative estimate of drug-likeness (QED) is 0.647. The van der Waals surface area contributed by atoms with Crippen molar-refractivity contribution in [1.82, 2.24) is 0 Å². The largest absolute Gasteiger partial charge is 0.348 e. The minimum absolute atomic E-state index is 0.176. The van der Waals surface area contributed by atoms with Gasteiger partial charge in [-0.05, 0) is 19.4 Å². The monoisotopic (exact) mass is 179 g/mol. The van der Waals surface area contributed by atoms with E-state index < -0.39 is 0 Å². The Morgan fingerprint density at radius 2 is 2.00 bits per heavy atom. The normalized spacial score (nSPS) is 12.8. The van der Waals surface area contributed by atoms with Gasteiger partial charge in [0, 0.05) is 0 Å². The smallest absolute Gasteiger partial charge is 0.155 e. The number of hydrogen-bond donors (Lipinski definition) is 0. The fraction of sp³-hybridized carbons (Fsp3) is 0.364. The van der Waals surface area contributed by atoms with Crippen LogP contribution in [0.5, 0.6) is 0 Å². The lowest BCUT2D eigenvalue weighted by molar-refractivity contribution is -0.115. The average Bonchev–Trinajstić information content (AvgIpc) is 2.17. The zero-order valence-corrected chi connectivity index (χ0v) is 8.07. The molecule has 0 heterocycles. The highest BCUT2D eigenvalue weighted by Crippen LogP contribution is 2.04.